The number of nitrogens with zero attached hydrogens (tertiary/aromatic N) is 1. The fourth-order valence-corrected chi connectivity index (χ4v) is 4.49. The van der Waals surface area contributed by atoms with E-state index in [0.717, 1.165) is 64.2 Å². The molecule has 4 unspecified atom stereocenters. The van der Waals surface area contributed by atoms with Crippen LogP contribution in [0.1, 0.15) is 77.0 Å². The van der Waals surface area contributed by atoms with Gasteiger partial charge in [0.05, 0.1) is 19.1 Å². The van der Waals surface area contributed by atoms with Crippen LogP contribution in [0.15, 0.2) is 25.3 Å². The maximum atomic E-state index is 12.0. The van der Waals surface area contributed by atoms with E-state index in [1.807, 2.05) is 12.2 Å². The van der Waals surface area contributed by atoms with E-state index in [0.29, 0.717) is 12.3 Å². The van der Waals surface area contributed by atoms with Gasteiger partial charge in [-0.2, -0.15) is 0 Å². The molecule has 210 valence electrons. The average Bonchev–Trinajstić information content (AvgIpc) is 3.28. The number of nitrogens with two attached hydrogens (primary N) is 2. The lowest BCUT2D eigenvalue weighted by molar-refractivity contribution is -0.142. The second-order valence-corrected chi connectivity index (χ2v) is 9.70. The number of esters is 1. The molecule has 0 bridgehead atoms. The van der Waals surface area contributed by atoms with Gasteiger partial charge in [0, 0.05) is 19.4 Å². The van der Waals surface area contributed by atoms with Crippen molar-refractivity contribution in [3.05, 3.63) is 25.3 Å². The first-order valence-electron chi connectivity index (χ1n) is 13.2. The van der Waals surface area contributed by atoms with Crippen molar-refractivity contribution in [1.82, 2.24) is 4.90 Å². The number of carbonyl (C=O) groups is 4. The summed E-state index contributed by atoms with van der Waals surface area (Å²) in [5, 5.41) is 9.53. The van der Waals surface area contributed by atoms with E-state index in [1.54, 1.807) is 0 Å². The fraction of sp³-hybridized carbons (Fsp3) is 0.704. The van der Waals surface area contributed by atoms with E-state index in [4.69, 9.17) is 16.2 Å². The Bertz CT molecular complexity index is 767. The number of hydrogen-bond donors (Lipinski definition) is 3. The predicted molar refractivity (Wildman–Crippen MR) is 140 cm³/mol. The van der Waals surface area contributed by atoms with Crippen LogP contribution in [-0.4, -0.2) is 65.8 Å². The van der Waals surface area contributed by atoms with Gasteiger partial charge in [-0.15, -0.1) is 13.2 Å². The molecule has 3 aliphatic rings. The zero-order valence-electron chi connectivity index (χ0n) is 22.1. The van der Waals surface area contributed by atoms with Gasteiger partial charge in [0.1, 0.15) is 12.1 Å². The lowest BCUT2D eigenvalue weighted by Gasteiger charge is -2.21. The number of primary amides is 2. The Kier molecular flexibility index (Phi) is 15.3. The van der Waals surface area contributed by atoms with Crippen LogP contribution >= 0.6 is 0 Å². The number of β-amino-alcohol motifs (C(OH)–C–C–N with tert-alkyl or cyclic N) is 1. The molecular formula is C27H45N3O7. The van der Waals surface area contributed by atoms with Crippen LogP contribution in [0, 0.1) is 11.8 Å². The molecule has 5 N–H and O–H groups in total. The second-order valence-electron chi connectivity index (χ2n) is 9.70. The minimum absolute atomic E-state index is 0.0796. The van der Waals surface area contributed by atoms with E-state index in [9.17, 15) is 24.3 Å². The van der Waals surface area contributed by atoms with Crippen LogP contribution in [0.2, 0.25) is 0 Å². The van der Waals surface area contributed by atoms with E-state index in [-0.39, 0.29) is 36.9 Å². The Morgan fingerprint density at radius 3 is 2.19 bits per heavy atom. The Hall–Kier alpha value is -2.88. The summed E-state index contributed by atoms with van der Waals surface area (Å²) in [6.07, 6.45) is 13.5. The monoisotopic (exact) mass is 523 g/mol. The van der Waals surface area contributed by atoms with Gasteiger partial charge in [-0.1, -0.05) is 25.0 Å². The largest absolute Gasteiger partial charge is 0.469 e. The molecule has 10 heteroatoms. The first kappa shape index (κ1) is 32.1. The van der Waals surface area contributed by atoms with Gasteiger partial charge in [0.25, 0.3) is 0 Å². The van der Waals surface area contributed by atoms with Crippen LogP contribution in [0.3, 0.4) is 0 Å². The Labute approximate surface area is 220 Å². The summed E-state index contributed by atoms with van der Waals surface area (Å²) in [7, 11) is 1.42. The minimum Gasteiger partial charge on any atom is -0.469 e. The molecule has 1 saturated heterocycles. The summed E-state index contributed by atoms with van der Waals surface area (Å²) in [4.78, 5) is 45.5. The van der Waals surface area contributed by atoms with Crippen molar-refractivity contribution >= 4 is 23.9 Å². The highest BCUT2D eigenvalue weighted by molar-refractivity contribution is 5.87. The second kappa shape index (κ2) is 17.6. The third kappa shape index (κ3) is 12.8. The number of amides is 3. The SMILES string of the molecule is C=CC1CC1C(=O)OC.C=CCCCCCCC(=O)N1CC(O)CC1C(N)=O.NC(=O)OC1CCCC1. The van der Waals surface area contributed by atoms with Crippen molar-refractivity contribution in [1.29, 1.82) is 0 Å². The molecule has 1 heterocycles. The molecule has 0 aromatic rings. The van der Waals surface area contributed by atoms with Gasteiger partial charge >= 0.3 is 12.1 Å². The van der Waals surface area contributed by atoms with Crippen LogP contribution in [0.4, 0.5) is 4.79 Å². The average molecular weight is 524 g/mol. The molecule has 0 aromatic carbocycles. The summed E-state index contributed by atoms with van der Waals surface area (Å²) in [6, 6.07) is -0.636. The number of ether oxygens (including phenoxy) is 2. The predicted octanol–water partition coefficient (Wildman–Crippen LogP) is 2.97. The molecule has 0 spiro atoms. The normalized spacial score (nSPS) is 24.0. The summed E-state index contributed by atoms with van der Waals surface area (Å²) in [5.74, 6) is -0.204. The van der Waals surface area contributed by atoms with Gasteiger partial charge < -0.3 is 30.9 Å². The molecule has 4 atom stereocenters. The van der Waals surface area contributed by atoms with Gasteiger partial charge in [0.2, 0.25) is 11.8 Å². The maximum absolute atomic E-state index is 12.0. The highest BCUT2D eigenvalue weighted by Crippen LogP contribution is 2.39. The van der Waals surface area contributed by atoms with E-state index in [2.05, 4.69) is 17.9 Å². The van der Waals surface area contributed by atoms with Gasteiger partial charge in [-0.3, -0.25) is 14.4 Å². The van der Waals surface area contributed by atoms with Crippen molar-refractivity contribution in [2.24, 2.45) is 23.3 Å². The summed E-state index contributed by atoms with van der Waals surface area (Å²) >= 11 is 0. The van der Waals surface area contributed by atoms with E-state index in [1.165, 1.54) is 12.0 Å². The van der Waals surface area contributed by atoms with Gasteiger partial charge in [-0.25, -0.2) is 4.79 Å². The molecule has 3 amide bonds. The number of likely N-dealkylation sites (tertiary alicyclic amines) is 1. The third-order valence-electron chi connectivity index (χ3n) is 6.71. The lowest BCUT2D eigenvalue weighted by Crippen LogP contribution is -2.43. The van der Waals surface area contributed by atoms with Crippen molar-refractivity contribution in [2.75, 3.05) is 13.7 Å². The highest BCUT2D eigenvalue weighted by Gasteiger charge is 2.41. The van der Waals surface area contributed by atoms with Gasteiger partial charge in [0.15, 0.2) is 0 Å². The molecule has 10 nitrogen and oxygen atoms in total. The molecule has 3 rings (SSSR count). The smallest absolute Gasteiger partial charge is 0.404 e. The number of aliphatic hydroxyl groups excluding tert-OH is 1. The molecule has 0 radical (unpaired) electrons. The summed E-state index contributed by atoms with van der Waals surface area (Å²) < 4.78 is 9.27. The van der Waals surface area contributed by atoms with Crippen molar-refractivity contribution in [3.8, 4) is 0 Å². The summed E-state index contributed by atoms with van der Waals surface area (Å²) in [5.41, 5.74) is 10.1. The number of aliphatic hydroxyl groups is 1. The minimum atomic E-state index is -0.637. The standard InChI is InChI=1S/C14H24N2O3.C7H10O2.C6H11NO2/c1-2-3-4-5-6-7-8-13(18)16-10-11(17)9-12(16)14(15)19;1-3-5-4-6(5)7(8)9-2;7-6(8)9-5-3-1-2-4-5/h2,11-12,17H,1,3-10H2,(H2,15,19);3,5-6H,1,4H2,2H3;5H,1-4H2,(H2,7,8). The molecule has 3 fully saturated rings. The molecule has 2 aliphatic carbocycles. The number of allylic oxidation sites excluding steroid dienone is 2. The lowest BCUT2D eigenvalue weighted by atomic mass is 10.1. The number of unbranched alkanes of at least 4 members (excludes halogenated alkanes) is 4. The molecule has 1 aliphatic heterocycles. The van der Waals surface area contributed by atoms with E-state index < -0.39 is 24.1 Å². The molecule has 37 heavy (non-hydrogen) atoms. The van der Waals surface area contributed by atoms with Crippen LogP contribution in [-0.2, 0) is 23.9 Å². The Balaban J connectivity index is 0.000000314. The Morgan fingerprint density at radius 1 is 1.03 bits per heavy atom. The topological polar surface area (TPSA) is 162 Å². The fourth-order valence-electron chi connectivity index (χ4n) is 4.49. The highest BCUT2D eigenvalue weighted by atomic mass is 16.6. The van der Waals surface area contributed by atoms with Crippen molar-refractivity contribution in [2.45, 2.75) is 95.3 Å². The zero-order chi connectivity index (χ0) is 27.8. The quantitative estimate of drug-likeness (QED) is 0.213. The first-order valence-corrected chi connectivity index (χ1v) is 13.2. The van der Waals surface area contributed by atoms with Gasteiger partial charge in [-0.05, 0) is 57.3 Å². The van der Waals surface area contributed by atoms with Crippen molar-refractivity contribution < 1.29 is 33.8 Å². The first-order chi connectivity index (χ1) is 17.6. The molecule has 0 aromatic heterocycles. The number of methoxy groups -OCH3 is 1. The Morgan fingerprint density at radius 2 is 1.68 bits per heavy atom. The van der Waals surface area contributed by atoms with E-state index >= 15 is 0 Å². The number of rotatable bonds is 11. The zero-order valence-corrected chi connectivity index (χ0v) is 22.1. The number of hydrogen-bond acceptors (Lipinski definition) is 7. The van der Waals surface area contributed by atoms with Crippen molar-refractivity contribution in [3.63, 3.8) is 0 Å². The molecular weight excluding hydrogens is 478 g/mol. The summed E-state index contributed by atoms with van der Waals surface area (Å²) in [6.45, 7) is 7.47. The van der Waals surface area contributed by atoms with Crippen LogP contribution < -0.4 is 11.5 Å². The van der Waals surface area contributed by atoms with Crippen LogP contribution in [0.5, 0.6) is 0 Å². The maximum Gasteiger partial charge on any atom is 0.404 e. The number of carbonyl (C=O) groups excluding carboxylic acids is 4. The molecule has 2 saturated carbocycles. The van der Waals surface area contributed by atoms with Crippen LogP contribution in [0.25, 0.3) is 0 Å². The third-order valence-corrected chi connectivity index (χ3v) is 6.71.